The van der Waals surface area contributed by atoms with Crippen LogP contribution in [0.15, 0.2) is 42.6 Å². The molecule has 1 amide bonds. The fraction of sp³-hybridized carbons (Fsp3) is 0.143. The van der Waals surface area contributed by atoms with E-state index < -0.39 is 17.6 Å². The lowest BCUT2D eigenvalue weighted by molar-refractivity contribution is -0.136. The van der Waals surface area contributed by atoms with Gasteiger partial charge in [0.1, 0.15) is 0 Å². The van der Waals surface area contributed by atoms with E-state index in [2.05, 4.69) is 10.3 Å². The Morgan fingerprint density at radius 3 is 2.55 bits per heavy atom. The minimum atomic E-state index is -4.52. The number of nitrogens with one attached hydrogen (secondary N) is 1. The van der Waals surface area contributed by atoms with E-state index in [4.69, 9.17) is 0 Å². The van der Waals surface area contributed by atoms with E-state index in [-0.39, 0.29) is 11.3 Å². The molecule has 6 heteroatoms. The van der Waals surface area contributed by atoms with Crippen LogP contribution < -0.4 is 5.32 Å². The van der Waals surface area contributed by atoms with Crippen LogP contribution in [0.5, 0.6) is 0 Å². The molecule has 0 saturated carbocycles. The second kappa shape index (κ2) is 5.32. The third-order valence-electron chi connectivity index (χ3n) is 2.64. The third-order valence-corrected chi connectivity index (χ3v) is 2.64. The Labute approximate surface area is 113 Å². The average molecular weight is 280 g/mol. The maximum Gasteiger partial charge on any atom is 0.418 e. The summed E-state index contributed by atoms with van der Waals surface area (Å²) in [6.07, 6.45) is -3.09. The van der Waals surface area contributed by atoms with Crippen LogP contribution in [0.2, 0.25) is 0 Å². The molecule has 20 heavy (non-hydrogen) atoms. The highest BCUT2D eigenvalue weighted by molar-refractivity contribution is 6.04. The second-order valence-corrected chi connectivity index (χ2v) is 4.18. The standard InChI is InChI=1S/C14H11F3N2O/c1-9-8-10(6-7-18-9)13(20)19-12-5-3-2-4-11(12)14(15,16)17/h2-8H,1H3,(H,19,20). The van der Waals surface area contributed by atoms with Gasteiger partial charge in [-0.2, -0.15) is 13.2 Å². The van der Waals surface area contributed by atoms with Gasteiger partial charge in [-0.05, 0) is 31.2 Å². The molecular weight excluding hydrogens is 269 g/mol. The quantitative estimate of drug-likeness (QED) is 0.912. The SMILES string of the molecule is Cc1cc(C(=O)Nc2ccccc2C(F)(F)F)ccn1. The first-order valence-corrected chi connectivity index (χ1v) is 5.78. The predicted octanol–water partition coefficient (Wildman–Crippen LogP) is 3.66. The molecule has 0 fully saturated rings. The van der Waals surface area contributed by atoms with Crippen molar-refractivity contribution >= 4 is 11.6 Å². The van der Waals surface area contributed by atoms with Gasteiger partial charge >= 0.3 is 6.18 Å². The molecule has 0 saturated heterocycles. The van der Waals surface area contributed by atoms with Crippen molar-refractivity contribution in [1.82, 2.24) is 4.98 Å². The van der Waals surface area contributed by atoms with Crippen molar-refractivity contribution in [2.45, 2.75) is 13.1 Å². The molecule has 2 rings (SSSR count). The largest absolute Gasteiger partial charge is 0.418 e. The summed E-state index contributed by atoms with van der Waals surface area (Å²) >= 11 is 0. The van der Waals surface area contributed by atoms with Gasteiger partial charge in [-0.3, -0.25) is 9.78 Å². The van der Waals surface area contributed by atoms with E-state index >= 15 is 0 Å². The number of anilines is 1. The fourth-order valence-electron chi connectivity index (χ4n) is 1.72. The highest BCUT2D eigenvalue weighted by atomic mass is 19.4. The Morgan fingerprint density at radius 1 is 1.20 bits per heavy atom. The van der Waals surface area contributed by atoms with Crippen LogP contribution in [0.3, 0.4) is 0 Å². The second-order valence-electron chi connectivity index (χ2n) is 4.18. The normalized spacial score (nSPS) is 11.2. The highest BCUT2D eigenvalue weighted by Gasteiger charge is 2.33. The van der Waals surface area contributed by atoms with Gasteiger partial charge in [0, 0.05) is 17.5 Å². The van der Waals surface area contributed by atoms with Crippen molar-refractivity contribution in [3.8, 4) is 0 Å². The molecule has 0 aliphatic heterocycles. The summed E-state index contributed by atoms with van der Waals surface area (Å²) in [5, 5.41) is 2.27. The molecule has 0 aliphatic rings. The number of aryl methyl sites for hydroxylation is 1. The molecule has 2 aromatic rings. The first-order valence-electron chi connectivity index (χ1n) is 5.78. The Balaban J connectivity index is 2.29. The van der Waals surface area contributed by atoms with Gasteiger partial charge in [0.25, 0.3) is 5.91 Å². The Morgan fingerprint density at radius 2 is 1.90 bits per heavy atom. The van der Waals surface area contributed by atoms with Crippen LogP contribution in [0, 0.1) is 6.92 Å². The van der Waals surface area contributed by atoms with Gasteiger partial charge in [-0.1, -0.05) is 12.1 Å². The number of aromatic nitrogens is 1. The van der Waals surface area contributed by atoms with Gasteiger partial charge in [-0.25, -0.2) is 0 Å². The van der Waals surface area contributed by atoms with E-state index in [0.29, 0.717) is 5.69 Å². The Hall–Kier alpha value is -2.37. The summed E-state index contributed by atoms with van der Waals surface area (Å²) in [7, 11) is 0. The van der Waals surface area contributed by atoms with E-state index in [1.54, 1.807) is 6.92 Å². The number of benzene rings is 1. The minimum absolute atomic E-state index is 0.259. The molecule has 0 atom stereocenters. The van der Waals surface area contributed by atoms with E-state index in [1.165, 1.54) is 36.5 Å². The zero-order valence-corrected chi connectivity index (χ0v) is 10.5. The number of carbonyl (C=O) groups is 1. The topological polar surface area (TPSA) is 42.0 Å². The molecule has 1 N–H and O–H groups in total. The molecule has 0 radical (unpaired) electrons. The smallest absolute Gasteiger partial charge is 0.321 e. The maximum absolute atomic E-state index is 12.8. The number of amides is 1. The van der Waals surface area contributed by atoms with Crippen molar-refractivity contribution in [1.29, 1.82) is 0 Å². The number of hydrogen-bond donors (Lipinski definition) is 1. The van der Waals surface area contributed by atoms with Crippen molar-refractivity contribution in [3.63, 3.8) is 0 Å². The molecule has 1 heterocycles. The lowest BCUT2D eigenvalue weighted by atomic mass is 10.1. The van der Waals surface area contributed by atoms with E-state index in [0.717, 1.165) is 6.07 Å². The third kappa shape index (κ3) is 3.14. The Bertz CT molecular complexity index is 638. The van der Waals surface area contributed by atoms with Crippen LogP contribution in [-0.4, -0.2) is 10.9 Å². The average Bonchev–Trinajstić information content (AvgIpc) is 2.38. The van der Waals surface area contributed by atoms with Gasteiger partial charge < -0.3 is 5.32 Å². The van der Waals surface area contributed by atoms with Crippen LogP contribution >= 0.6 is 0 Å². The molecule has 104 valence electrons. The van der Waals surface area contributed by atoms with E-state index in [9.17, 15) is 18.0 Å². The summed E-state index contributed by atoms with van der Waals surface area (Å²) in [6, 6.07) is 7.80. The van der Waals surface area contributed by atoms with Crippen molar-refractivity contribution in [2.24, 2.45) is 0 Å². The summed E-state index contributed by atoms with van der Waals surface area (Å²) in [5.74, 6) is -0.604. The van der Waals surface area contributed by atoms with Crippen molar-refractivity contribution in [3.05, 3.63) is 59.4 Å². The van der Waals surface area contributed by atoms with Gasteiger partial charge in [0.15, 0.2) is 0 Å². The zero-order chi connectivity index (χ0) is 14.8. The monoisotopic (exact) mass is 280 g/mol. The van der Waals surface area contributed by atoms with Gasteiger partial charge in [0.05, 0.1) is 11.3 Å². The van der Waals surface area contributed by atoms with Crippen molar-refractivity contribution < 1.29 is 18.0 Å². The molecule has 3 nitrogen and oxygen atoms in total. The molecule has 0 aliphatic carbocycles. The van der Waals surface area contributed by atoms with E-state index in [1.807, 2.05) is 0 Å². The number of rotatable bonds is 2. The number of nitrogens with zero attached hydrogens (tertiary/aromatic N) is 1. The highest BCUT2D eigenvalue weighted by Crippen LogP contribution is 2.34. The molecular formula is C14H11F3N2O. The van der Waals surface area contributed by atoms with Crippen molar-refractivity contribution in [2.75, 3.05) is 5.32 Å². The molecule has 0 spiro atoms. The zero-order valence-electron chi connectivity index (χ0n) is 10.5. The maximum atomic E-state index is 12.8. The fourth-order valence-corrected chi connectivity index (χ4v) is 1.72. The number of alkyl halides is 3. The first-order chi connectivity index (χ1) is 9.38. The summed E-state index contributed by atoms with van der Waals surface area (Å²) < 4.78 is 38.4. The van der Waals surface area contributed by atoms with Gasteiger partial charge in [0.2, 0.25) is 0 Å². The molecule has 0 bridgehead atoms. The summed E-state index contributed by atoms with van der Waals surface area (Å²) in [5.41, 5.74) is -0.269. The lowest BCUT2D eigenvalue weighted by Gasteiger charge is -2.13. The van der Waals surface area contributed by atoms with Crippen LogP contribution in [0.4, 0.5) is 18.9 Å². The Kier molecular flexibility index (Phi) is 3.74. The molecule has 1 aromatic heterocycles. The van der Waals surface area contributed by atoms with Crippen LogP contribution in [0.25, 0.3) is 0 Å². The minimum Gasteiger partial charge on any atom is -0.321 e. The molecule has 1 aromatic carbocycles. The molecule has 0 unspecified atom stereocenters. The number of halogens is 3. The lowest BCUT2D eigenvalue weighted by Crippen LogP contribution is -2.16. The van der Waals surface area contributed by atoms with Crippen LogP contribution in [-0.2, 0) is 6.18 Å². The predicted molar refractivity (Wildman–Crippen MR) is 68.4 cm³/mol. The summed E-state index contributed by atoms with van der Waals surface area (Å²) in [4.78, 5) is 15.9. The number of carbonyl (C=O) groups excluding carboxylic acids is 1. The summed E-state index contributed by atoms with van der Waals surface area (Å²) in [6.45, 7) is 1.69. The number of pyridine rings is 1. The number of para-hydroxylation sites is 1. The van der Waals surface area contributed by atoms with Gasteiger partial charge in [-0.15, -0.1) is 0 Å². The van der Waals surface area contributed by atoms with Crippen LogP contribution in [0.1, 0.15) is 21.6 Å². The first kappa shape index (κ1) is 14.0. The number of hydrogen-bond acceptors (Lipinski definition) is 2.